The van der Waals surface area contributed by atoms with Gasteiger partial charge in [-0.05, 0) is 18.4 Å². The number of ether oxygens (including phenoxy) is 2. The van der Waals surface area contributed by atoms with Crippen molar-refractivity contribution in [2.24, 2.45) is 5.92 Å². The fourth-order valence-electron chi connectivity index (χ4n) is 3.06. The third-order valence-corrected chi connectivity index (χ3v) is 4.26. The fraction of sp³-hybridized carbons (Fsp3) is 0.500. The number of amides is 1. The lowest BCUT2D eigenvalue weighted by molar-refractivity contribution is -0.160. The molecule has 0 saturated carbocycles. The summed E-state index contributed by atoms with van der Waals surface area (Å²) in [5, 5.41) is 9.01. The standard InChI is InChI=1S/C16H19NO5/c18-15(19)13-7-6-12-8-17(9-14(12)22-13)16(20)21-10-11-4-2-1-3-5-11/h1-5,12-14H,6-10H2,(H,18,19)/t12-,13-,14-/m1/s1. The summed E-state index contributed by atoms with van der Waals surface area (Å²) < 4.78 is 10.9. The Bertz CT molecular complexity index is 547. The normalized spacial score (nSPS) is 27.3. The number of benzene rings is 1. The summed E-state index contributed by atoms with van der Waals surface area (Å²) >= 11 is 0. The van der Waals surface area contributed by atoms with Crippen molar-refractivity contribution in [2.75, 3.05) is 13.1 Å². The number of fused-ring (bicyclic) bond motifs is 1. The molecule has 1 aromatic rings. The van der Waals surface area contributed by atoms with Crippen molar-refractivity contribution in [3.8, 4) is 0 Å². The zero-order valence-corrected chi connectivity index (χ0v) is 12.2. The summed E-state index contributed by atoms with van der Waals surface area (Å²) in [5.41, 5.74) is 0.939. The van der Waals surface area contributed by atoms with Crippen LogP contribution in [0, 0.1) is 5.92 Å². The van der Waals surface area contributed by atoms with Gasteiger partial charge in [0.1, 0.15) is 6.61 Å². The lowest BCUT2D eigenvalue weighted by Crippen LogP contribution is -2.38. The van der Waals surface area contributed by atoms with Crippen molar-refractivity contribution in [3.63, 3.8) is 0 Å². The van der Waals surface area contributed by atoms with E-state index in [1.54, 1.807) is 4.90 Å². The average Bonchev–Trinajstić information content (AvgIpc) is 2.96. The quantitative estimate of drug-likeness (QED) is 0.923. The predicted molar refractivity (Wildman–Crippen MR) is 77.2 cm³/mol. The van der Waals surface area contributed by atoms with Gasteiger partial charge in [0.05, 0.1) is 12.6 Å². The molecule has 2 fully saturated rings. The van der Waals surface area contributed by atoms with Crippen LogP contribution in [-0.2, 0) is 20.9 Å². The molecule has 1 N–H and O–H groups in total. The molecule has 0 bridgehead atoms. The minimum absolute atomic E-state index is 0.195. The summed E-state index contributed by atoms with van der Waals surface area (Å²) in [5.74, 6) is -0.719. The van der Waals surface area contributed by atoms with E-state index < -0.39 is 12.1 Å². The first-order chi connectivity index (χ1) is 10.6. The minimum Gasteiger partial charge on any atom is -0.479 e. The molecule has 22 heavy (non-hydrogen) atoms. The summed E-state index contributed by atoms with van der Waals surface area (Å²) in [6.45, 7) is 1.22. The van der Waals surface area contributed by atoms with Crippen molar-refractivity contribution < 1.29 is 24.2 Å². The molecule has 1 amide bonds. The highest BCUT2D eigenvalue weighted by atomic mass is 16.6. The zero-order chi connectivity index (χ0) is 15.5. The van der Waals surface area contributed by atoms with Crippen LogP contribution in [0.25, 0.3) is 0 Å². The monoisotopic (exact) mass is 305 g/mol. The number of rotatable bonds is 3. The Balaban J connectivity index is 1.52. The second-order valence-electron chi connectivity index (χ2n) is 5.78. The first-order valence-electron chi connectivity index (χ1n) is 7.47. The van der Waals surface area contributed by atoms with Gasteiger partial charge in [-0.2, -0.15) is 0 Å². The van der Waals surface area contributed by atoms with Crippen LogP contribution in [0.1, 0.15) is 18.4 Å². The Morgan fingerprint density at radius 3 is 2.73 bits per heavy atom. The van der Waals surface area contributed by atoms with E-state index in [0.717, 1.165) is 12.0 Å². The Morgan fingerprint density at radius 1 is 1.23 bits per heavy atom. The summed E-state index contributed by atoms with van der Waals surface area (Å²) in [7, 11) is 0. The maximum atomic E-state index is 12.1. The molecule has 2 aliphatic rings. The molecule has 3 rings (SSSR count). The molecule has 2 heterocycles. The maximum Gasteiger partial charge on any atom is 0.410 e. The van der Waals surface area contributed by atoms with E-state index in [4.69, 9.17) is 14.6 Å². The molecule has 6 nitrogen and oxygen atoms in total. The number of likely N-dealkylation sites (tertiary alicyclic amines) is 1. The second kappa shape index (κ2) is 6.36. The molecule has 1 aromatic carbocycles. The molecule has 2 aliphatic heterocycles. The maximum absolute atomic E-state index is 12.1. The third kappa shape index (κ3) is 3.22. The van der Waals surface area contributed by atoms with Gasteiger partial charge in [-0.1, -0.05) is 30.3 Å². The number of nitrogens with zero attached hydrogens (tertiary/aromatic N) is 1. The van der Waals surface area contributed by atoms with E-state index in [9.17, 15) is 9.59 Å². The fourth-order valence-corrected chi connectivity index (χ4v) is 3.06. The number of aliphatic carboxylic acids is 1. The van der Waals surface area contributed by atoms with E-state index in [0.29, 0.717) is 19.5 Å². The summed E-state index contributed by atoms with van der Waals surface area (Å²) in [6, 6.07) is 9.50. The van der Waals surface area contributed by atoms with E-state index in [1.165, 1.54) is 0 Å². The molecule has 0 radical (unpaired) electrons. The zero-order valence-electron chi connectivity index (χ0n) is 12.2. The highest BCUT2D eigenvalue weighted by Gasteiger charge is 2.42. The van der Waals surface area contributed by atoms with Crippen molar-refractivity contribution >= 4 is 12.1 Å². The lowest BCUT2D eigenvalue weighted by Gasteiger charge is -2.28. The van der Waals surface area contributed by atoms with Gasteiger partial charge in [-0.3, -0.25) is 0 Å². The number of carbonyl (C=O) groups is 2. The highest BCUT2D eigenvalue weighted by Crippen LogP contribution is 2.31. The van der Waals surface area contributed by atoms with Crippen molar-refractivity contribution in [2.45, 2.75) is 31.7 Å². The van der Waals surface area contributed by atoms with E-state index in [2.05, 4.69) is 0 Å². The minimum atomic E-state index is -0.927. The average molecular weight is 305 g/mol. The molecular weight excluding hydrogens is 286 g/mol. The molecule has 6 heteroatoms. The van der Waals surface area contributed by atoms with Gasteiger partial charge in [-0.25, -0.2) is 9.59 Å². The summed E-state index contributed by atoms with van der Waals surface area (Å²) in [6.07, 6.45) is -0.0394. The van der Waals surface area contributed by atoms with Crippen LogP contribution in [0.5, 0.6) is 0 Å². The smallest absolute Gasteiger partial charge is 0.410 e. The van der Waals surface area contributed by atoms with Gasteiger partial charge in [-0.15, -0.1) is 0 Å². The van der Waals surface area contributed by atoms with Crippen LogP contribution in [0.4, 0.5) is 4.79 Å². The van der Waals surface area contributed by atoms with Crippen LogP contribution in [0.3, 0.4) is 0 Å². The molecule has 118 valence electrons. The van der Waals surface area contributed by atoms with Gasteiger partial charge in [0.15, 0.2) is 6.10 Å². The lowest BCUT2D eigenvalue weighted by atomic mass is 9.94. The SMILES string of the molecule is O=C(O)[C@H]1CC[C@@H]2CN(C(=O)OCc3ccccc3)C[C@H]2O1. The number of carboxylic acids is 1. The Morgan fingerprint density at radius 2 is 2.00 bits per heavy atom. The van der Waals surface area contributed by atoms with E-state index >= 15 is 0 Å². The molecule has 3 atom stereocenters. The van der Waals surface area contributed by atoms with Gasteiger partial charge in [0.2, 0.25) is 0 Å². The largest absolute Gasteiger partial charge is 0.479 e. The van der Waals surface area contributed by atoms with Crippen LogP contribution in [-0.4, -0.2) is 47.4 Å². The number of carboxylic acid groups (broad SMARTS) is 1. The van der Waals surface area contributed by atoms with Crippen LogP contribution in [0.2, 0.25) is 0 Å². The second-order valence-corrected chi connectivity index (χ2v) is 5.78. The number of carbonyl (C=O) groups excluding carboxylic acids is 1. The Labute approximate surface area is 128 Å². The first-order valence-corrected chi connectivity index (χ1v) is 7.47. The van der Waals surface area contributed by atoms with E-state index in [-0.39, 0.29) is 24.7 Å². The molecule has 0 aromatic heterocycles. The third-order valence-electron chi connectivity index (χ3n) is 4.26. The Kier molecular flexibility index (Phi) is 4.29. The van der Waals surface area contributed by atoms with Gasteiger partial charge in [0.25, 0.3) is 0 Å². The topological polar surface area (TPSA) is 76.1 Å². The van der Waals surface area contributed by atoms with Crippen LogP contribution in [0.15, 0.2) is 30.3 Å². The predicted octanol–water partition coefficient (Wildman–Crippen LogP) is 1.89. The van der Waals surface area contributed by atoms with Gasteiger partial charge < -0.3 is 19.5 Å². The van der Waals surface area contributed by atoms with Crippen molar-refractivity contribution in [1.82, 2.24) is 4.90 Å². The molecule has 0 spiro atoms. The molecule has 0 aliphatic carbocycles. The van der Waals surface area contributed by atoms with Gasteiger partial charge in [0, 0.05) is 12.5 Å². The number of hydrogen-bond donors (Lipinski definition) is 1. The molecular formula is C16H19NO5. The molecule has 2 saturated heterocycles. The highest BCUT2D eigenvalue weighted by molar-refractivity contribution is 5.72. The summed E-state index contributed by atoms with van der Waals surface area (Å²) in [4.78, 5) is 24.7. The van der Waals surface area contributed by atoms with Crippen LogP contribution >= 0.6 is 0 Å². The van der Waals surface area contributed by atoms with Crippen molar-refractivity contribution in [3.05, 3.63) is 35.9 Å². The van der Waals surface area contributed by atoms with E-state index in [1.807, 2.05) is 30.3 Å². The van der Waals surface area contributed by atoms with Gasteiger partial charge >= 0.3 is 12.1 Å². The first kappa shape index (κ1) is 14.8. The Hall–Kier alpha value is -2.08. The van der Waals surface area contributed by atoms with Crippen LogP contribution < -0.4 is 0 Å². The van der Waals surface area contributed by atoms with Crippen molar-refractivity contribution in [1.29, 1.82) is 0 Å². The number of hydrogen-bond acceptors (Lipinski definition) is 4. The molecule has 0 unspecified atom stereocenters.